The molecule has 0 saturated heterocycles. The highest BCUT2D eigenvalue weighted by Crippen LogP contribution is 2.15. The molecule has 58 valence electrons. The second-order valence-electron chi connectivity index (χ2n) is 2.41. The summed E-state index contributed by atoms with van der Waals surface area (Å²) in [5.41, 5.74) is 1.57. The second kappa shape index (κ2) is 1.79. The maximum absolute atomic E-state index is 4.06. The Hall–Kier alpha value is -1.98. The van der Waals surface area contributed by atoms with Gasteiger partial charge in [0.25, 0.3) is 0 Å². The van der Waals surface area contributed by atoms with E-state index in [2.05, 4.69) is 25.5 Å². The predicted molar refractivity (Wildman–Crippen MR) is 39.5 cm³/mol. The fourth-order valence-corrected chi connectivity index (χ4v) is 1.19. The van der Waals surface area contributed by atoms with E-state index in [0.29, 0.717) is 0 Å². The molecule has 1 aromatic rings. The Labute approximate surface area is 66.6 Å². The van der Waals surface area contributed by atoms with Gasteiger partial charge in [-0.25, -0.2) is 9.97 Å². The lowest BCUT2D eigenvalue weighted by molar-refractivity contribution is 0.819. The zero-order chi connectivity index (χ0) is 7.97. The van der Waals surface area contributed by atoms with Gasteiger partial charge in [0.2, 0.25) is 0 Å². The monoisotopic (exact) mass is 160 g/mol. The maximum Gasteiger partial charge on any atom is 0.182 e. The summed E-state index contributed by atoms with van der Waals surface area (Å²) in [4.78, 5) is 8.10. The van der Waals surface area contributed by atoms with Gasteiger partial charge in [-0.15, -0.1) is 5.10 Å². The zero-order valence-electron chi connectivity index (χ0n) is 5.97. The molecule has 0 radical (unpaired) electrons. The number of pyridine rings is 1. The van der Waals surface area contributed by atoms with Crippen LogP contribution < -0.4 is 0 Å². The number of hydrogen-bond donors (Lipinski definition) is 1. The van der Waals surface area contributed by atoms with E-state index >= 15 is 0 Å². The second-order valence-corrected chi connectivity index (χ2v) is 2.41. The molecule has 2 aliphatic heterocycles. The van der Waals surface area contributed by atoms with Crippen molar-refractivity contribution in [2.45, 2.75) is 0 Å². The Balaban J connectivity index is 2.61. The minimum absolute atomic E-state index is 0.739. The molecule has 0 atom stereocenters. The van der Waals surface area contributed by atoms with E-state index in [0.717, 1.165) is 17.2 Å². The maximum atomic E-state index is 4.06. The lowest BCUT2D eigenvalue weighted by Gasteiger charge is -1.95. The largest absolute Gasteiger partial charge is 0.233 e. The number of H-pyrrole nitrogens is 1. The topological polar surface area (TPSA) is 71.8 Å². The van der Waals surface area contributed by atoms with Crippen molar-refractivity contribution in [1.29, 1.82) is 0 Å². The molecule has 6 nitrogen and oxygen atoms in total. The third kappa shape index (κ3) is 0.541. The SMILES string of the molecule is c1nc2ccc3nn[nH]n3c-2n1. The number of nitrogens with one attached hydrogen (secondary N) is 1. The summed E-state index contributed by atoms with van der Waals surface area (Å²) in [5.74, 6) is 0.748. The van der Waals surface area contributed by atoms with E-state index in [4.69, 9.17) is 0 Å². The third-order valence-corrected chi connectivity index (χ3v) is 1.73. The van der Waals surface area contributed by atoms with E-state index in [1.807, 2.05) is 12.1 Å². The van der Waals surface area contributed by atoms with Crippen molar-refractivity contribution < 1.29 is 0 Å². The van der Waals surface area contributed by atoms with E-state index in [1.165, 1.54) is 6.33 Å². The van der Waals surface area contributed by atoms with Crippen molar-refractivity contribution in [1.82, 2.24) is 30.0 Å². The lowest BCUT2D eigenvalue weighted by Crippen LogP contribution is -1.94. The van der Waals surface area contributed by atoms with Crippen molar-refractivity contribution in [3.05, 3.63) is 18.5 Å². The van der Waals surface area contributed by atoms with Crippen molar-refractivity contribution in [3.8, 4) is 11.5 Å². The van der Waals surface area contributed by atoms with Crippen LogP contribution in [0.25, 0.3) is 17.2 Å². The van der Waals surface area contributed by atoms with Crippen LogP contribution in [0.15, 0.2) is 18.5 Å². The third-order valence-electron chi connectivity index (χ3n) is 1.73. The summed E-state index contributed by atoms with van der Waals surface area (Å²) in [5, 5.41) is 10.2. The first-order chi connectivity index (χ1) is 5.95. The summed E-state index contributed by atoms with van der Waals surface area (Å²) in [6.45, 7) is 0. The molecular weight excluding hydrogens is 156 g/mol. The summed E-state index contributed by atoms with van der Waals surface area (Å²) >= 11 is 0. The highest BCUT2D eigenvalue weighted by molar-refractivity contribution is 5.57. The first-order valence-corrected chi connectivity index (χ1v) is 3.44. The van der Waals surface area contributed by atoms with E-state index in [9.17, 15) is 0 Å². The number of rotatable bonds is 0. The Morgan fingerprint density at radius 1 is 1.25 bits per heavy atom. The zero-order valence-corrected chi connectivity index (χ0v) is 5.97. The molecule has 12 heavy (non-hydrogen) atoms. The van der Waals surface area contributed by atoms with Crippen molar-refractivity contribution >= 4 is 5.65 Å². The Morgan fingerprint density at radius 2 is 2.25 bits per heavy atom. The molecular formula is C6H4N6. The summed E-state index contributed by atoms with van der Waals surface area (Å²) in [6.07, 6.45) is 1.51. The number of aromatic nitrogens is 6. The van der Waals surface area contributed by atoms with Crippen LogP contribution in [0.5, 0.6) is 0 Å². The van der Waals surface area contributed by atoms with Crippen LogP contribution in [0.3, 0.4) is 0 Å². The van der Waals surface area contributed by atoms with Crippen LogP contribution in [-0.2, 0) is 0 Å². The quantitative estimate of drug-likeness (QED) is 0.500. The molecule has 6 heteroatoms. The van der Waals surface area contributed by atoms with Crippen molar-refractivity contribution in [2.24, 2.45) is 0 Å². The molecule has 0 unspecified atom stereocenters. The molecule has 0 bridgehead atoms. The Morgan fingerprint density at radius 3 is 3.25 bits per heavy atom. The van der Waals surface area contributed by atoms with Crippen LogP contribution in [0.1, 0.15) is 0 Å². The minimum atomic E-state index is 0.739. The van der Waals surface area contributed by atoms with Crippen LogP contribution in [0.4, 0.5) is 0 Å². The summed E-state index contributed by atoms with van der Waals surface area (Å²) in [6, 6.07) is 3.70. The number of nitrogens with zero attached hydrogens (tertiary/aromatic N) is 5. The van der Waals surface area contributed by atoms with Crippen molar-refractivity contribution in [3.63, 3.8) is 0 Å². The fraction of sp³-hybridized carbons (Fsp3) is 0. The molecule has 3 heterocycles. The normalized spacial score (nSPS) is 11.3. The number of tetrazole rings is 1. The van der Waals surface area contributed by atoms with Gasteiger partial charge >= 0.3 is 0 Å². The van der Waals surface area contributed by atoms with Crippen LogP contribution in [0, 0.1) is 0 Å². The van der Waals surface area contributed by atoms with Gasteiger partial charge in [-0.3, -0.25) is 0 Å². The van der Waals surface area contributed by atoms with Gasteiger partial charge in [-0.1, -0.05) is 5.21 Å². The average Bonchev–Trinajstić information content (AvgIpc) is 2.71. The molecule has 0 amide bonds. The molecule has 1 aromatic heterocycles. The van der Waals surface area contributed by atoms with Crippen molar-refractivity contribution in [2.75, 3.05) is 0 Å². The predicted octanol–water partition coefficient (Wildman–Crippen LogP) is -0.0478. The summed E-state index contributed by atoms with van der Waals surface area (Å²) < 4.78 is 1.68. The standard InChI is InChI=1S/C6H4N6/c1-2-5-9-10-11-12(5)6-4(1)7-3-8-6/h1-3H,(H,9,11). The number of fused-ring (bicyclic) bond motifs is 3. The van der Waals surface area contributed by atoms with Crippen LogP contribution in [-0.4, -0.2) is 30.0 Å². The molecule has 0 saturated carbocycles. The van der Waals surface area contributed by atoms with Gasteiger partial charge in [0.05, 0.1) is 0 Å². The highest BCUT2D eigenvalue weighted by Gasteiger charge is 2.09. The lowest BCUT2D eigenvalue weighted by atomic mass is 10.3. The minimum Gasteiger partial charge on any atom is -0.233 e. The van der Waals surface area contributed by atoms with Gasteiger partial charge in [0.15, 0.2) is 11.5 Å². The first kappa shape index (κ1) is 5.64. The molecule has 1 N–H and O–H groups in total. The van der Waals surface area contributed by atoms with Crippen LogP contribution >= 0.6 is 0 Å². The molecule has 2 aliphatic rings. The van der Waals surface area contributed by atoms with Gasteiger partial charge in [0, 0.05) is 0 Å². The number of imidazole rings is 1. The number of aromatic amines is 1. The fourth-order valence-electron chi connectivity index (χ4n) is 1.19. The average molecular weight is 160 g/mol. The smallest absolute Gasteiger partial charge is 0.182 e. The Bertz CT molecular complexity index is 494. The summed E-state index contributed by atoms with van der Waals surface area (Å²) in [7, 11) is 0. The van der Waals surface area contributed by atoms with Gasteiger partial charge in [0.1, 0.15) is 12.0 Å². The number of hydrogen-bond acceptors (Lipinski definition) is 4. The molecule has 0 aromatic carbocycles. The highest BCUT2D eigenvalue weighted by atomic mass is 15.5. The molecule has 0 spiro atoms. The van der Waals surface area contributed by atoms with E-state index < -0.39 is 0 Å². The van der Waals surface area contributed by atoms with Gasteiger partial charge in [-0.2, -0.15) is 9.73 Å². The Kier molecular flexibility index (Phi) is 0.840. The molecule has 0 fully saturated rings. The van der Waals surface area contributed by atoms with Crippen LogP contribution in [0.2, 0.25) is 0 Å². The molecule has 3 rings (SSSR count). The first-order valence-electron chi connectivity index (χ1n) is 3.44. The van der Waals surface area contributed by atoms with E-state index in [-0.39, 0.29) is 0 Å². The van der Waals surface area contributed by atoms with E-state index in [1.54, 1.807) is 4.52 Å². The van der Waals surface area contributed by atoms with Gasteiger partial charge in [-0.05, 0) is 12.1 Å². The molecule has 0 aliphatic carbocycles. The van der Waals surface area contributed by atoms with Gasteiger partial charge < -0.3 is 0 Å².